The summed E-state index contributed by atoms with van der Waals surface area (Å²) in [7, 11) is 0. The Labute approximate surface area is 93.5 Å². The summed E-state index contributed by atoms with van der Waals surface area (Å²) in [6.07, 6.45) is 3.57. The van der Waals surface area contributed by atoms with Crippen LogP contribution >= 0.6 is 0 Å². The molecule has 0 aromatic carbocycles. The smallest absolute Gasteiger partial charge is 0.288 e. The van der Waals surface area contributed by atoms with Gasteiger partial charge in [-0.05, 0) is 19.8 Å². The normalized spacial score (nSPS) is 16.5. The lowest BCUT2D eigenvalue weighted by molar-refractivity contribution is -0.123. The van der Waals surface area contributed by atoms with E-state index in [1.165, 1.54) is 6.20 Å². The predicted octanol–water partition coefficient (Wildman–Crippen LogP) is 1.14. The molecule has 16 heavy (non-hydrogen) atoms. The van der Waals surface area contributed by atoms with E-state index >= 15 is 0 Å². The molecule has 82 valence electrons. The van der Waals surface area contributed by atoms with Crippen molar-refractivity contribution in [2.24, 2.45) is 11.1 Å². The van der Waals surface area contributed by atoms with Gasteiger partial charge in [0.15, 0.2) is 5.69 Å². The Kier molecular flexibility index (Phi) is 2.35. The van der Waals surface area contributed by atoms with Crippen LogP contribution in [0.1, 0.15) is 24.2 Å². The highest BCUT2D eigenvalue weighted by Gasteiger charge is 2.49. The van der Waals surface area contributed by atoms with Crippen molar-refractivity contribution < 1.29 is 4.79 Å². The summed E-state index contributed by atoms with van der Waals surface area (Å²) >= 11 is 0. The van der Waals surface area contributed by atoms with Crippen LogP contribution in [0.5, 0.6) is 0 Å². The van der Waals surface area contributed by atoms with Crippen molar-refractivity contribution in [3.63, 3.8) is 0 Å². The van der Waals surface area contributed by atoms with Crippen LogP contribution in [-0.2, 0) is 11.2 Å². The first-order valence-electron chi connectivity index (χ1n) is 5.07. The Morgan fingerprint density at radius 2 is 2.38 bits per heavy atom. The molecule has 1 aromatic heterocycles. The van der Waals surface area contributed by atoms with E-state index in [0.29, 0.717) is 12.1 Å². The van der Waals surface area contributed by atoms with Gasteiger partial charge in [0.05, 0.1) is 17.3 Å². The van der Waals surface area contributed by atoms with Gasteiger partial charge in [-0.15, -0.1) is 4.98 Å². The lowest BCUT2D eigenvalue weighted by Gasteiger charge is -2.09. The second-order valence-corrected chi connectivity index (χ2v) is 4.19. The minimum absolute atomic E-state index is 0.265. The minimum atomic E-state index is -0.430. The van der Waals surface area contributed by atoms with E-state index in [0.717, 1.165) is 18.5 Å². The highest BCUT2D eigenvalue weighted by molar-refractivity contribution is 5.83. The van der Waals surface area contributed by atoms with Crippen LogP contribution in [0.15, 0.2) is 6.20 Å². The van der Waals surface area contributed by atoms with Gasteiger partial charge in [-0.25, -0.2) is 0 Å². The molecule has 0 spiro atoms. The molecule has 0 bridgehead atoms. The van der Waals surface area contributed by atoms with Crippen molar-refractivity contribution in [2.45, 2.75) is 26.2 Å². The summed E-state index contributed by atoms with van der Waals surface area (Å²) in [4.78, 5) is 22.8. The number of amides is 1. The van der Waals surface area contributed by atoms with E-state index in [1.807, 2.05) is 6.92 Å². The summed E-state index contributed by atoms with van der Waals surface area (Å²) in [5.74, 6) is -0.0113. The first-order valence-corrected chi connectivity index (χ1v) is 5.07. The van der Waals surface area contributed by atoms with Gasteiger partial charge < -0.3 is 10.6 Å². The second kappa shape index (κ2) is 3.56. The number of hydrogen-bond donors (Lipinski definition) is 1. The highest BCUT2D eigenvalue weighted by atomic mass is 16.1. The van der Waals surface area contributed by atoms with Crippen LogP contribution in [0.3, 0.4) is 0 Å². The molecule has 5 nitrogen and oxygen atoms in total. The van der Waals surface area contributed by atoms with Crippen LogP contribution in [0, 0.1) is 18.9 Å². The molecule has 1 saturated carbocycles. The Balaban J connectivity index is 2.28. The first kappa shape index (κ1) is 10.6. The van der Waals surface area contributed by atoms with E-state index < -0.39 is 5.41 Å². The standard InChI is InChI=1S/C11H12N4O/c1-7-8(15-9(13-2)6-14-7)5-11(3-4-11)10(12)16/h6H,3-5H2,1H3,(H2,12,16). The molecule has 1 amide bonds. The van der Waals surface area contributed by atoms with Crippen LogP contribution < -0.4 is 5.73 Å². The van der Waals surface area contributed by atoms with Gasteiger partial charge in [-0.3, -0.25) is 9.78 Å². The molecule has 1 heterocycles. The van der Waals surface area contributed by atoms with Gasteiger partial charge in [0.25, 0.3) is 5.82 Å². The number of hydrogen-bond acceptors (Lipinski definition) is 3. The van der Waals surface area contributed by atoms with E-state index in [9.17, 15) is 4.79 Å². The van der Waals surface area contributed by atoms with Gasteiger partial charge in [0, 0.05) is 6.42 Å². The third-order valence-corrected chi connectivity index (χ3v) is 3.04. The molecule has 1 fully saturated rings. The first-order chi connectivity index (χ1) is 7.57. The zero-order chi connectivity index (χ0) is 11.8. The number of aryl methyl sites for hydroxylation is 1. The number of carbonyl (C=O) groups excluding carboxylic acids is 1. The Hall–Kier alpha value is -1.96. The van der Waals surface area contributed by atoms with E-state index in [-0.39, 0.29) is 11.7 Å². The highest BCUT2D eigenvalue weighted by Crippen LogP contribution is 2.48. The fourth-order valence-electron chi connectivity index (χ4n) is 1.68. The molecule has 0 saturated heterocycles. The SMILES string of the molecule is [C-]#[N+]c1cnc(C)c(CC2(C(N)=O)CC2)n1. The maximum Gasteiger partial charge on any atom is 0.288 e. The summed E-state index contributed by atoms with van der Waals surface area (Å²) in [5.41, 5.74) is 6.40. The third-order valence-electron chi connectivity index (χ3n) is 3.04. The van der Waals surface area contributed by atoms with Gasteiger partial charge >= 0.3 is 0 Å². The summed E-state index contributed by atoms with van der Waals surface area (Å²) in [6, 6.07) is 0. The third kappa shape index (κ3) is 1.74. The largest absolute Gasteiger partial charge is 0.369 e. The summed E-state index contributed by atoms with van der Waals surface area (Å²) in [5, 5.41) is 0. The van der Waals surface area contributed by atoms with Crippen LogP contribution in [-0.4, -0.2) is 15.9 Å². The van der Waals surface area contributed by atoms with Gasteiger partial charge in [0.2, 0.25) is 5.91 Å². The number of rotatable bonds is 3. The van der Waals surface area contributed by atoms with E-state index in [1.54, 1.807) is 0 Å². The number of carbonyl (C=O) groups is 1. The number of aromatic nitrogens is 2. The molecule has 1 aliphatic carbocycles. The molecule has 0 atom stereocenters. The van der Waals surface area contributed by atoms with Gasteiger partial charge in [-0.1, -0.05) is 6.57 Å². The van der Waals surface area contributed by atoms with Crippen molar-refractivity contribution in [1.82, 2.24) is 9.97 Å². The zero-order valence-electron chi connectivity index (χ0n) is 9.03. The zero-order valence-corrected chi connectivity index (χ0v) is 9.03. The summed E-state index contributed by atoms with van der Waals surface area (Å²) < 4.78 is 0. The van der Waals surface area contributed by atoms with Crippen LogP contribution in [0.25, 0.3) is 4.85 Å². The second-order valence-electron chi connectivity index (χ2n) is 4.19. The van der Waals surface area contributed by atoms with Crippen molar-refractivity contribution in [3.05, 3.63) is 29.0 Å². The minimum Gasteiger partial charge on any atom is -0.369 e. The molecular weight excluding hydrogens is 204 g/mol. The Morgan fingerprint density at radius 1 is 1.69 bits per heavy atom. The maximum atomic E-state index is 11.3. The molecule has 2 rings (SSSR count). The summed E-state index contributed by atoms with van der Waals surface area (Å²) in [6.45, 7) is 8.70. The molecule has 0 aliphatic heterocycles. The molecule has 0 radical (unpaired) electrons. The van der Waals surface area contributed by atoms with Gasteiger partial charge in [-0.2, -0.15) is 0 Å². The lowest BCUT2D eigenvalue weighted by atomic mass is 9.98. The maximum absolute atomic E-state index is 11.3. The van der Waals surface area contributed by atoms with Crippen LogP contribution in [0.2, 0.25) is 0 Å². The average Bonchev–Trinajstić information content (AvgIpc) is 3.02. The molecule has 1 aromatic rings. The molecule has 2 N–H and O–H groups in total. The van der Waals surface area contributed by atoms with Crippen LogP contribution in [0.4, 0.5) is 5.82 Å². The fraction of sp³-hybridized carbons (Fsp3) is 0.455. The quantitative estimate of drug-likeness (QED) is 0.770. The molecule has 0 unspecified atom stereocenters. The van der Waals surface area contributed by atoms with Crippen molar-refractivity contribution >= 4 is 11.7 Å². The Bertz CT molecular complexity index is 485. The molecule has 1 aliphatic rings. The average molecular weight is 216 g/mol. The number of primary amides is 1. The topological polar surface area (TPSA) is 73.2 Å². The predicted molar refractivity (Wildman–Crippen MR) is 57.6 cm³/mol. The number of nitrogens with two attached hydrogens (primary N) is 1. The van der Waals surface area contributed by atoms with Gasteiger partial charge in [0.1, 0.15) is 0 Å². The van der Waals surface area contributed by atoms with Crippen molar-refractivity contribution in [2.75, 3.05) is 0 Å². The monoisotopic (exact) mass is 216 g/mol. The Morgan fingerprint density at radius 3 is 2.88 bits per heavy atom. The number of nitrogens with zero attached hydrogens (tertiary/aromatic N) is 3. The lowest BCUT2D eigenvalue weighted by Crippen LogP contribution is -2.27. The molecular formula is C11H12N4O. The van der Waals surface area contributed by atoms with E-state index in [2.05, 4.69) is 14.8 Å². The molecule has 5 heteroatoms. The fourth-order valence-corrected chi connectivity index (χ4v) is 1.68. The van der Waals surface area contributed by atoms with Crippen molar-refractivity contribution in [1.29, 1.82) is 0 Å². The van der Waals surface area contributed by atoms with Crippen molar-refractivity contribution in [3.8, 4) is 0 Å². The van der Waals surface area contributed by atoms with E-state index in [4.69, 9.17) is 12.3 Å².